The van der Waals surface area contributed by atoms with Gasteiger partial charge in [-0.25, -0.2) is 4.79 Å². The summed E-state index contributed by atoms with van der Waals surface area (Å²) in [5.41, 5.74) is 3.37. The number of hydrogen-bond donors (Lipinski definition) is 1. The summed E-state index contributed by atoms with van der Waals surface area (Å²) in [7, 11) is 0. The van der Waals surface area contributed by atoms with Gasteiger partial charge < -0.3 is 10.1 Å². The van der Waals surface area contributed by atoms with Crippen LogP contribution in [0, 0.1) is 0 Å². The third-order valence-corrected chi connectivity index (χ3v) is 4.09. The number of rotatable bonds is 6. The number of carbonyl (C=O) groups excluding carboxylic acids is 2. The highest BCUT2D eigenvalue weighted by molar-refractivity contribution is 6.29. The van der Waals surface area contributed by atoms with Crippen molar-refractivity contribution in [2.24, 2.45) is 0 Å². The van der Waals surface area contributed by atoms with E-state index in [4.69, 9.17) is 4.74 Å². The molecule has 28 heavy (non-hydrogen) atoms. The van der Waals surface area contributed by atoms with Gasteiger partial charge in [0.15, 0.2) is 0 Å². The Bertz CT molecular complexity index is 962. The maximum Gasteiger partial charge on any atom is 0.338 e. The fourth-order valence-electron chi connectivity index (χ4n) is 2.72. The molecule has 3 aromatic carbocycles. The molecule has 0 atom stereocenters. The standard InChI is InChI=1S/C24H21NO3/c1-2-28-24(27)20-13-15-21(16-14-20)25-23(26)22(19-11-7-4-8-12-19)17-18-9-5-3-6-10-18/h3-17H,2H2,1H3,(H,25,26)/b22-17+. The third kappa shape index (κ3) is 4.95. The van der Waals surface area contributed by atoms with E-state index in [1.807, 2.05) is 66.7 Å². The summed E-state index contributed by atoms with van der Waals surface area (Å²) in [5, 5.41) is 2.90. The second-order valence-electron chi connectivity index (χ2n) is 6.09. The number of ether oxygens (including phenoxy) is 1. The highest BCUT2D eigenvalue weighted by atomic mass is 16.5. The Hall–Kier alpha value is -3.66. The first-order valence-corrected chi connectivity index (χ1v) is 9.08. The lowest BCUT2D eigenvalue weighted by Gasteiger charge is -2.10. The van der Waals surface area contributed by atoms with Crippen molar-refractivity contribution in [1.82, 2.24) is 0 Å². The molecule has 3 aromatic rings. The fraction of sp³-hybridized carbons (Fsp3) is 0.0833. The van der Waals surface area contributed by atoms with Gasteiger partial charge in [0.25, 0.3) is 5.91 Å². The highest BCUT2D eigenvalue weighted by Crippen LogP contribution is 2.21. The van der Waals surface area contributed by atoms with E-state index < -0.39 is 0 Å². The number of amides is 1. The minimum Gasteiger partial charge on any atom is -0.462 e. The third-order valence-electron chi connectivity index (χ3n) is 4.09. The number of hydrogen-bond acceptors (Lipinski definition) is 3. The Kier molecular flexibility index (Phi) is 6.37. The lowest BCUT2D eigenvalue weighted by Crippen LogP contribution is -2.14. The molecule has 0 aliphatic carbocycles. The molecule has 3 rings (SSSR count). The van der Waals surface area contributed by atoms with Crippen LogP contribution in [0.5, 0.6) is 0 Å². The van der Waals surface area contributed by atoms with Crippen LogP contribution < -0.4 is 5.32 Å². The minimum absolute atomic E-state index is 0.223. The molecule has 0 saturated heterocycles. The van der Waals surface area contributed by atoms with Crippen molar-refractivity contribution in [3.63, 3.8) is 0 Å². The van der Waals surface area contributed by atoms with Crippen molar-refractivity contribution in [3.8, 4) is 0 Å². The van der Waals surface area contributed by atoms with Crippen LogP contribution in [0.1, 0.15) is 28.4 Å². The number of anilines is 1. The van der Waals surface area contributed by atoms with Gasteiger partial charge in [0, 0.05) is 11.3 Å². The molecule has 1 N–H and O–H groups in total. The summed E-state index contributed by atoms with van der Waals surface area (Å²) in [6, 6.07) is 25.9. The Morgan fingerprint density at radius 1 is 0.821 bits per heavy atom. The fourth-order valence-corrected chi connectivity index (χ4v) is 2.72. The van der Waals surface area contributed by atoms with Gasteiger partial charge in [-0.2, -0.15) is 0 Å². The summed E-state index contributed by atoms with van der Waals surface area (Å²) in [5.74, 6) is -0.603. The van der Waals surface area contributed by atoms with Crippen molar-refractivity contribution in [1.29, 1.82) is 0 Å². The molecule has 0 radical (unpaired) electrons. The molecule has 0 aliphatic rings. The quantitative estimate of drug-likeness (QED) is 0.375. The molecule has 0 saturated carbocycles. The van der Waals surface area contributed by atoms with Crippen molar-refractivity contribution in [2.75, 3.05) is 11.9 Å². The summed E-state index contributed by atoms with van der Waals surface area (Å²) < 4.78 is 4.98. The predicted octanol–water partition coefficient (Wildman–Crippen LogP) is 5.04. The first kappa shape index (κ1) is 19.1. The molecular weight excluding hydrogens is 350 g/mol. The van der Waals surface area contributed by atoms with Gasteiger partial charge in [0.2, 0.25) is 0 Å². The van der Waals surface area contributed by atoms with E-state index >= 15 is 0 Å². The van der Waals surface area contributed by atoms with Gasteiger partial charge in [-0.05, 0) is 48.4 Å². The van der Waals surface area contributed by atoms with E-state index in [1.54, 1.807) is 31.2 Å². The zero-order valence-electron chi connectivity index (χ0n) is 15.6. The van der Waals surface area contributed by atoms with Crippen LogP contribution in [0.2, 0.25) is 0 Å². The Morgan fingerprint density at radius 2 is 1.43 bits per heavy atom. The van der Waals surface area contributed by atoms with Gasteiger partial charge in [0.1, 0.15) is 0 Å². The number of carbonyl (C=O) groups is 2. The van der Waals surface area contributed by atoms with E-state index in [1.165, 1.54) is 0 Å². The average Bonchev–Trinajstić information content (AvgIpc) is 2.74. The summed E-state index contributed by atoms with van der Waals surface area (Å²) in [6.07, 6.45) is 1.86. The Morgan fingerprint density at radius 3 is 2.04 bits per heavy atom. The molecule has 0 bridgehead atoms. The van der Waals surface area contributed by atoms with Crippen LogP contribution in [-0.2, 0) is 9.53 Å². The molecule has 0 fully saturated rings. The molecule has 4 nitrogen and oxygen atoms in total. The lowest BCUT2D eigenvalue weighted by molar-refractivity contribution is -0.111. The van der Waals surface area contributed by atoms with Gasteiger partial charge >= 0.3 is 5.97 Å². The first-order chi connectivity index (χ1) is 13.7. The largest absolute Gasteiger partial charge is 0.462 e. The van der Waals surface area contributed by atoms with E-state index in [-0.39, 0.29) is 11.9 Å². The number of esters is 1. The zero-order valence-corrected chi connectivity index (χ0v) is 15.6. The monoisotopic (exact) mass is 371 g/mol. The first-order valence-electron chi connectivity index (χ1n) is 9.08. The molecule has 0 unspecified atom stereocenters. The van der Waals surface area contributed by atoms with Gasteiger partial charge in [-0.15, -0.1) is 0 Å². The van der Waals surface area contributed by atoms with Crippen LogP contribution in [-0.4, -0.2) is 18.5 Å². The smallest absolute Gasteiger partial charge is 0.338 e. The molecular formula is C24H21NO3. The van der Waals surface area contributed by atoms with E-state index in [0.29, 0.717) is 23.4 Å². The Labute approximate surface area is 164 Å². The van der Waals surface area contributed by atoms with Gasteiger partial charge in [0.05, 0.1) is 12.2 Å². The number of benzene rings is 3. The molecule has 0 spiro atoms. The van der Waals surface area contributed by atoms with Gasteiger partial charge in [-0.1, -0.05) is 60.7 Å². The van der Waals surface area contributed by atoms with Crippen LogP contribution in [0.15, 0.2) is 84.9 Å². The normalized spacial score (nSPS) is 11.0. The van der Waals surface area contributed by atoms with E-state index in [2.05, 4.69) is 5.32 Å². The lowest BCUT2D eigenvalue weighted by atomic mass is 10.0. The van der Waals surface area contributed by atoms with Crippen molar-refractivity contribution >= 4 is 29.2 Å². The van der Waals surface area contributed by atoms with Crippen molar-refractivity contribution < 1.29 is 14.3 Å². The highest BCUT2D eigenvalue weighted by Gasteiger charge is 2.13. The maximum absolute atomic E-state index is 13.0. The van der Waals surface area contributed by atoms with Gasteiger partial charge in [-0.3, -0.25) is 4.79 Å². The van der Waals surface area contributed by atoms with Crippen molar-refractivity contribution in [2.45, 2.75) is 6.92 Å². The topological polar surface area (TPSA) is 55.4 Å². The van der Waals surface area contributed by atoms with Crippen LogP contribution in [0.25, 0.3) is 11.6 Å². The number of nitrogens with one attached hydrogen (secondary N) is 1. The molecule has 0 aliphatic heterocycles. The Balaban J connectivity index is 1.84. The van der Waals surface area contributed by atoms with E-state index in [0.717, 1.165) is 11.1 Å². The predicted molar refractivity (Wildman–Crippen MR) is 112 cm³/mol. The van der Waals surface area contributed by atoms with Crippen LogP contribution >= 0.6 is 0 Å². The SMILES string of the molecule is CCOC(=O)c1ccc(NC(=O)/C(=C/c2ccccc2)c2ccccc2)cc1. The average molecular weight is 371 g/mol. The van der Waals surface area contributed by atoms with Crippen LogP contribution in [0.4, 0.5) is 5.69 Å². The molecule has 4 heteroatoms. The second kappa shape index (κ2) is 9.33. The zero-order chi connectivity index (χ0) is 19.8. The second-order valence-corrected chi connectivity index (χ2v) is 6.09. The molecule has 0 heterocycles. The summed E-state index contributed by atoms with van der Waals surface area (Å²) >= 11 is 0. The maximum atomic E-state index is 13.0. The van der Waals surface area contributed by atoms with Crippen molar-refractivity contribution in [3.05, 3.63) is 102 Å². The minimum atomic E-state index is -0.380. The molecule has 140 valence electrons. The molecule has 1 amide bonds. The molecule has 0 aromatic heterocycles. The summed E-state index contributed by atoms with van der Waals surface area (Å²) in [4.78, 5) is 24.7. The van der Waals surface area contributed by atoms with E-state index in [9.17, 15) is 9.59 Å². The summed E-state index contributed by atoms with van der Waals surface area (Å²) in [6.45, 7) is 2.08. The van der Waals surface area contributed by atoms with Crippen LogP contribution in [0.3, 0.4) is 0 Å².